The van der Waals surface area contributed by atoms with E-state index in [0.29, 0.717) is 24.5 Å². The Balaban J connectivity index is 2.75. The number of benzene rings is 1. The van der Waals surface area contributed by atoms with Crippen LogP contribution in [0, 0.1) is 0 Å². The maximum Gasteiger partial charge on any atom is 0.330 e. The van der Waals surface area contributed by atoms with Crippen molar-refractivity contribution in [3.63, 3.8) is 0 Å². The Hall–Kier alpha value is -1.97. The van der Waals surface area contributed by atoms with Gasteiger partial charge in [-0.05, 0) is 32.1 Å². The van der Waals surface area contributed by atoms with Crippen LogP contribution in [0.15, 0.2) is 24.3 Å². The van der Waals surface area contributed by atoms with Crippen LogP contribution in [0.25, 0.3) is 6.08 Å². The van der Waals surface area contributed by atoms with E-state index in [9.17, 15) is 9.90 Å². The Morgan fingerprint density at radius 3 is 2.71 bits per heavy atom. The van der Waals surface area contributed by atoms with Crippen molar-refractivity contribution in [1.29, 1.82) is 0 Å². The molecular weight excluding hydrogens is 220 g/mol. The van der Waals surface area contributed by atoms with E-state index in [2.05, 4.69) is 0 Å². The third-order valence-corrected chi connectivity index (χ3v) is 2.00. The number of aromatic hydroxyl groups is 1. The van der Waals surface area contributed by atoms with Crippen LogP contribution in [0.1, 0.15) is 19.4 Å². The molecule has 0 aromatic heterocycles. The van der Waals surface area contributed by atoms with E-state index in [-0.39, 0.29) is 5.75 Å². The predicted octanol–water partition coefficient (Wildman–Crippen LogP) is 2.37. The summed E-state index contributed by atoms with van der Waals surface area (Å²) >= 11 is 0. The lowest BCUT2D eigenvalue weighted by atomic mass is 10.2. The summed E-state index contributed by atoms with van der Waals surface area (Å²) < 4.78 is 9.96. The molecule has 0 bridgehead atoms. The lowest BCUT2D eigenvalue weighted by Gasteiger charge is -2.05. The van der Waals surface area contributed by atoms with Crippen molar-refractivity contribution >= 4 is 12.0 Å². The van der Waals surface area contributed by atoms with Crippen LogP contribution < -0.4 is 4.74 Å². The molecule has 17 heavy (non-hydrogen) atoms. The van der Waals surface area contributed by atoms with E-state index in [1.165, 1.54) is 18.2 Å². The second-order valence-electron chi connectivity index (χ2n) is 3.24. The van der Waals surface area contributed by atoms with Crippen molar-refractivity contribution in [2.75, 3.05) is 13.2 Å². The molecule has 92 valence electrons. The van der Waals surface area contributed by atoms with Crippen molar-refractivity contribution in [2.45, 2.75) is 13.8 Å². The molecule has 0 aliphatic carbocycles. The molecule has 0 saturated heterocycles. The quantitative estimate of drug-likeness (QED) is 0.630. The Bertz CT molecular complexity index is 410. The average molecular weight is 236 g/mol. The normalized spacial score (nSPS) is 10.5. The minimum absolute atomic E-state index is 0.0662. The Morgan fingerprint density at radius 2 is 2.12 bits per heavy atom. The first kappa shape index (κ1) is 13.1. The van der Waals surface area contributed by atoms with E-state index in [1.807, 2.05) is 6.92 Å². The smallest absolute Gasteiger partial charge is 0.330 e. The summed E-state index contributed by atoms with van der Waals surface area (Å²) in [7, 11) is 0. The molecule has 0 radical (unpaired) electrons. The highest BCUT2D eigenvalue weighted by atomic mass is 16.5. The van der Waals surface area contributed by atoms with Crippen LogP contribution in [0.3, 0.4) is 0 Å². The van der Waals surface area contributed by atoms with Gasteiger partial charge in [-0.3, -0.25) is 0 Å². The molecule has 0 aliphatic rings. The van der Waals surface area contributed by atoms with Gasteiger partial charge in [0, 0.05) is 17.7 Å². The summed E-state index contributed by atoms with van der Waals surface area (Å²) in [6.07, 6.45) is 2.78. The second-order valence-corrected chi connectivity index (χ2v) is 3.24. The maximum absolute atomic E-state index is 11.1. The number of carbonyl (C=O) groups excluding carboxylic acids is 1. The summed E-state index contributed by atoms with van der Waals surface area (Å²) in [5, 5.41) is 9.68. The molecule has 1 N–H and O–H groups in total. The fraction of sp³-hybridized carbons (Fsp3) is 0.308. The summed E-state index contributed by atoms with van der Waals surface area (Å²) in [5.74, 6) is 0.232. The van der Waals surface area contributed by atoms with Crippen molar-refractivity contribution in [1.82, 2.24) is 0 Å². The molecule has 4 heteroatoms. The molecule has 0 amide bonds. The van der Waals surface area contributed by atoms with Gasteiger partial charge in [0.05, 0.1) is 13.2 Å². The first-order valence-corrected chi connectivity index (χ1v) is 5.48. The second kappa shape index (κ2) is 6.58. The van der Waals surface area contributed by atoms with Crippen molar-refractivity contribution in [3.8, 4) is 11.5 Å². The molecule has 0 heterocycles. The predicted molar refractivity (Wildman–Crippen MR) is 64.9 cm³/mol. The van der Waals surface area contributed by atoms with Gasteiger partial charge in [-0.25, -0.2) is 4.79 Å². The monoisotopic (exact) mass is 236 g/mol. The van der Waals surface area contributed by atoms with Gasteiger partial charge in [-0.15, -0.1) is 0 Å². The fourth-order valence-electron chi connectivity index (χ4n) is 1.27. The minimum atomic E-state index is -0.430. The molecule has 0 atom stereocenters. The summed E-state index contributed by atoms with van der Waals surface area (Å²) in [4.78, 5) is 11.1. The largest absolute Gasteiger partial charge is 0.507 e. The molecule has 0 unspecified atom stereocenters. The summed E-state index contributed by atoms with van der Waals surface area (Å²) in [6.45, 7) is 4.47. The number of carbonyl (C=O) groups is 1. The zero-order chi connectivity index (χ0) is 12.7. The zero-order valence-electron chi connectivity index (χ0n) is 9.97. The van der Waals surface area contributed by atoms with Crippen LogP contribution in [0.4, 0.5) is 0 Å². The Kier molecular flexibility index (Phi) is 5.07. The molecule has 1 aromatic carbocycles. The number of ether oxygens (including phenoxy) is 2. The van der Waals surface area contributed by atoms with Gasteiger partial charge >= 0.3 is 5.97 Å². The Labute approximate surface area is 100 Å². The first-order valence-electron chi connectivity index (χ1n) is 5.48. The Morgan fingerprint density at radius 1 is 1.35 bits per heavy atom. The van der Waals surface area contributed by atoms with Gasteiger partial charge in [0.15, 0.2) is 0 Å². The highest BCUT2D eigenvalue weighted by Crippen LogP contribution is 2.24. The topological polar surface area (TPSA) is 55.8 Å². The van der Waals surface area contributed by atoms with Crippen LogP contribution in [-0.4, -0.2) is 24.3 Å². The van der Waals surface area contributed by atoms with Crippen LogP contribution in [-0.2, 0) is 9.53 Å². The number of hydrogen-bond donors (Lipinski definition) is 1. The van der Waals surface area contributed by atoms with Crippen LogP contribution in [0.2, 0.25) is 0 Å². The number of hydrogen-bond acceptors (Lipinski definition) is 4. The molecule has 0 spiro atoms. The van der Waals surface area contributed by atoms with Gasteiger partial charge in [-0.2, -0.15) is 0 Å². The zero-order valence-corrected chi connectivity index (χ0v) is 9.97. The van der Waals surface area contributed by atoms with E-state index in [1.54, 1.807) is 19.1 Å². The molecule has 1 aromatic rings. The van der Waals surface area contributed by atoms with Crippen LogP contribution in [0.5, 0.6) is 11.5 Å². The van der Waals surface area contributed by atoms with Gasteiger partial charge in [-0.1, -0.05) is 0 Å². The lowest BCUT2D eigenvalue weighted by Crippen LogP contribution is -1.98. The SMILES string of the molecule is CCOC(=O)/C=C/c1ccc(OCC)cc1O. The van der Waals surface area contributed by atoms with Gasteiger partial charge in [0.1, 0.15) is 11.5 Å². The number of rotatable bonds is 5. The lowest BCUT2D eigenvalue weighted by molar-refractivity contribution is -0.137. The highest BCUT2D eigenvalue weighted by Gasteiger charge is 2.01. The van der Waals surface area contributed by atoms with Gasteiger partial charge < -0.3 is 14.6 Å². The van der Waals surface area contributed by atoms with Crippen molar-refractivity contribution < 1.29 is 19.4 Å². The van der Waals surface area contributed by atoms with E-state index < -0.39 is 5.97 Å². The number of phenols is 1. The fourth-order valence-corrected chi connectivity index (χ4v) is 1.27. The van der Waals surface area contributed by atoms with E-state index >= 15 is 0 Å². The van der Waals surface area contributed by atoms with Crippen molar-refractivity contribution in [3.05, 3.63) is 29.8 Å². The third-order valence-electron chi connectivity index (χ3n) is 2.00. The first-order chi connectivity index (χ1) is 8.17. The number of phenolic OH excluding ortho intramolecular Hbond substituents is 1. The molecule has 4 nitrogen and oxygen atoms in total. The average Bonchev–Trinajstić information content (AvgIpc) is 2.29. The molecule has 0 fully saturated rings. The summed E-state index contributed by atoms with van der Waals surface area (Å²) in [6, 6.07) is 4.92. The maximum atomic E-state index is 11.1. The van der Waals surface area contributed by atoms with Crippen molar-refractivity contribution in [2.24, 2.45) is 0 Å². The third kappa shape index (κ3) is 4.18. The van der Waals surface area contributed by atoms with Gasteiger partial charge in [0.2, 0.25) is 0 Å². The van der Waals surface area contributed by atoms with E-state index in [4.69, 9.17) is 9.47 Å². The van der Waals surface area contributed by atoms with E-state index in [0.717, 1.165) is 0 Å². The molecule has 0 aliphatic heterocycles. The minimum Gasteiger partial charge on any atom is -0.507 e. The molecular formula is C13H16O4. The standard InChI is InChI=1S/C13H16O4/c1-3-16-11-7-5-10(12(14)9-11)6-8-13(15)17-4-2/h5-9,14H,3-4H2,1-2H3/b8-6+. The summed E-state index contributed by atoms with van der Waals surface area (Å²) in [5.41, 5.74) is 0.543. The molecule has 1 rings (SSSR count). The number of esters is 1. The van der Waals surface area contributed by atoms with Crippen LogP contribution >= 0.6 is 0 Å². The van der Waals surface area contributed by atoms with Gasteiger partial charge in [0.25, 0.3) is 0 Å². The highest BCUT2D eigenvalue weighted by molar-refractivity contribution is 5.87. The molecule has 0 saturated carbocycles.